The van der Waals surface area contributed by atoms with Gasteiger partial charge in [-0.25, -0.2) is 0 Å². The quantitative estimate of drug-likeness (QED) is 0.452. The zero-order chi connectivity index (χ0) is 20.8. The highest BCUT2D eigenvalue weighted by molar-refractivity contribution is 5.97. The molecule has 2 rings (SSSR count). The van der Waals surface area contributed by atoms with Crippen molar-refractivity contribution in [2.24, 2.45) is 5.92 Å². The molecule has 28 heavy (non-hydrogen) atoms. The van der Waals surface area contributed by atoms with Crippen LogP contribution in [0, 0.1) is 5.92 Å². The summed E-state index contributed by atoms with van der Waals surface area (Å²) in [5, 5.41) is 40.8. The Morgan fingerprint density at radius 3 is 2.36 bits per heavy atom. The average Bonchev–Trinajstić information content (AvgIpc) is 2.64. The number of benzene rings is 1. The fraction of sp³-hybridized carbons (Fsp3) is 0.600. The number of carboxylic acid groups (broad SMARTS) is 1. The molecular formula is C20H30N2O6. The van der Waals surface area contributed by atoms with Crippen LogP contribution in [0.1, 0.15) is 54.9 Å². The number of phenols is 2. The summed E-state index contributed by atoms with van der Waals surface area (Å²) in [5.74, 6) is -1.16. The van der Waals surface area contributed by atoms with Gasteiger partial charge in [0.25, 0.3) is 5.91 Å². The third kappa shape index (κ3) is 5.36. The number of hydrogen-bond acceptors (Lipinski definition) is 6. The maximum atomic E-state index is 12.8. The van der Waals surface area contributed by atoms with Crippen LogP contribution in [0.2, 0.25) is 0 Å². The monoisotopic (exact) mass is 394 g/mol. The minimum Gasteiger partial charge on any atom is -0.508 e. The van der Waals surface area contributed by atoms with Crippen LogP contribution in [0.5, 0.6) is 11.5 Å². The number of carbonyl (C=O) groups excluding carboxylic acids is 1. The molecule has 1 amide bonds. The predicted octanol–water partition coefficient (Wildman–Crippen LogP) is 1.50. The summed E-state index contributed by atoms with van der Waals surface area (Å²) in [5.41, 5.74) is 0.827. The summed E-state index contributed by atoms with van der Waals surface area (Å²) < 4.78 is 0. The van der Waals surface area contributed by atoms with E-state index in [0.29, 0.717) is 31.1 Å². The number of nitrogens with zero attached hydrogens (tertiary/aromatic N) is 1. The molecular weight excluding hydrogens is 364 g/mol. The topological polar surface area (TPSA) is 130 Å². The van der Waals surface area contributed by atoms with Crippen LogP contribution in [0.4, 0.5) is 0 Å². The maximum absolute atomic E-state index is 12.8. The third-order valence-electron chi connectivity index (χ3n) is 5.32. The first kappa shape index (κ1) is 22.0. The molecule has 1 fully saturated rings. The van der Waals surface area contributed by atoms with Crippen molar-refractivity contribution in [2.75, 3.05) is 26.2 Å². The number of aliphatic hydroxyl groups excluding tert-OH is 1. The van der Waals surface area contributed by atoms with E-state index in [1.165, 1.54) is 6.07 Å². The number of likely N-dealkylation sites (tertiary alicyclic amines) is 1. The summed E-state index contributed by atoms with van der Waals surface area (Å²) >= 11 is 0. The molecule has 0 aromatic heterocycles. The molecule has 0 saturated carbocycles. The van der Waals surface area contributed by atoms with Gasteiger partial charge in [-0.1, -0.05) is 13.8 Å². The Balaban J connectivity index is 1.90. The molecule has 1 aliphatic rings. The summed E-state index contributed by atoms with van der Waals surface area (Å²) in [6, 6.07) is 1.84. The van der Waals surface area contributed by atoms with Gasteiger partial charge in [0.05, 0.1) is 12.2 Å². The first-order chi connectivity index (χ1) is 13.2. The molecule has 0 spiro atoms. The van der Waals surface area contributed by atoms with Crippen molar-refractivity contribution in [1.82, 2.24) is 10.2 Å². The minimum atomic E-state index is -1.07. The van der Waals surface area contributed by atoms with Gasteiger partial charge in [0.1, 0.15) is 17.5 Å². The fourth-order valence-corrected chi connectivity index (χ4v) is 3.51. The SMILES string of the molecule is CC(C)c1cc(C(=O)N2CCC(CCNC(CO)C(=O)O)CC2)c(O)cc1O. The van der Waals surface area contributed by atoms with Crippen molar-refractivity contribution in [1.29, 1.82) is 0 Å². The van der Waals surface area contributed by atoms with Crippen LogP contribution in [-0.4, -0.2) is 69.5 Å². The molecule has 1 atom stereocenters. The Hall–Kier alpha value is -2.32. The van der Waals surface area contributed by atoms with E-state index in [1.807, 2.05) is 13.8 Å². The largest absolute Gasteiger partial charge is 0.508 e. The van der Waals surface area contributed by atoms with Crippen molar-refractivity contribution in [3.63, 3.8) is 0 Å². The third-order valence-corrected chi connectivity index (χ3v) is 5.32. The van der Waals surface area contributed by atoms with Crippen molar-refractivity contribution in [2.45, 2.75) is 45.1 Å². The van der Waals surface area contributed by atoms with Crippen LogP contribution in [0.3, 0.4) is 0 Å². The standard InChI is InChI=1S/C20H30N2O6/c1-12(2)14-9-15(18(25)10-17(14)24)19(26)22-7-4-13(5-8-22)3-6-21-16(11-23)20(27)28/h9-10,12-13,16,21,23-25H,3-8,11H2,1-2H3,(H,27,28). The fourth-order valence-electron chi connectivity index (χ4n) is 3.51. The second-order valence-corrected chi connectivity index (χ2v) is 7.63. The van der Waals surface area contributed by atoms with Gasteiger partial charge in [-0.15, -0.1) is 0 Å². The van der Waals surface area contributed by atoms with Gasteiger partial charge < -0.3 is 30.6 Å². The first-order valence-electron chi connectivity index (χ1n) is 9.66. The second-order valence-electron chi connectivity index (χ2n) is 7.63. The highest BCUT2D eigenvalue weighted by atomic mass is 16.4. The van der Waals surface area contributed by atoms with Gasteiger partial charge in [-0.05, 0) is 49.3 Å². The van der Waals surface area contributed by atoms with Gasteiger partial charge in [0.15, 0.2) is 0 Å². The van der Waals surface area contributed by atoms with Gasteiger partial charge >= 0.3 is 5.97 Å². The van der Waals surface area contributed by atoms with Crippen LogP contribution in [0.15, 0.2) is 12.1 Å². The smallest absolute Gasteiger partial charge is 0.323 e. The Bertz CT molecular complexity index is 698. The number of carbonyl (C=O) groups is 2. The van der Waals surface area contributed by atoms with Crippen LogP contribution < -0.4 is 5.32 Å². The summed E-state index contributed by atoms with van der Waals surface area (Å²) in [7, 11) is 0. The van der Waals surface area contributed by atoms with Crippen molar-refractivity contribution in [3.8, 4) is 11.5 Å². The number of aromatic hydroxyl groups is 2. The van der Waals surface area contributed by atoms with Crippen LogP contribution in [0.25, 0.3) is 0 Å². The van der Waals surface area contributed by atoms with E-state index in [-0.39, 0.29) is 28.9 Å². The highest BCUT2D eigenvalue weighted by Crippen LogP contribution is 2.33. The predicted molar refractivity (Wildman–Crippen MR) is 104 cm³/mol. The van der Waals surface area contributed by atoms with E-state index in [0.717, 1.165) is 19.3 Å². The lowest BCUT2D eigenvalue weighted by atomic mass is 9.92. The number of phenolic OH excluding ortho intramolecular Hbond substituents is 2. The second kappa shape index (κ2) is 9.75. The minimum absolute atomic E-state index is 0.0159. The molecule has 1 heterocycles. The normalized spacial score (nSPS) is 16.4. The number of aliphatic hydroxyl groups is 1. The number of rotatable bonds is 8. The van der Waals surface area contributed by atoms with E-state index in [4.69, 9.17) is 10.2 Å². The molecule has 0 aliphatic carbocycles. The summed E-state index contributed by atoms with van der Waals surface area (Å²) in [6.45, 7) is 4.98. The highest BCUT2D eigenvalue weighted by Gasteiger charge is 2.26. The Kier molecular flexibility index (Phi) is 7.65. The maximum Gasteiger partial charge on any atom is 0.323 e. The van der Waals surface area contributed by atoms with Crippen molar-refractivity contribution >= 4 is 11.9 Å². The molecule has 1 saturated heterocycles. The molecule has 8 nitrogen and oxygen atoms in total. The lowest BCUT2D eigenvalue weighted by Gasteiger charge is -2.32. The lowest BCUT2D eigenvalue weighted by Crippen LogP contribution is -2.42. The molecule has 156 valence electrons. The molecule has 1 aromatic rings. The number of carboxylic acids is 1. The molecule has 0 bridgehead atoms. The molecule has 1 unspecified atom stereocenters. The van der Waals surface area contributed by atoms with Gasteiger partial charge in [0, 0.05) is 19.2 Å². The van der Waals surface area contributed by atoms with E-state index >= 15 is 0 Å². The van der Waals surface area contributed by atoms with E-state index in [9.17, 15) is 19.8 Å². The number of hydrogen-bond donors (Lipinski definition) is 5. The lowest BCUT2D eigenvalue weighted by molar-refractivity contribution is -0.140. The van der Waals surface area contributed by atoms with Crippen molar-refractivity contribution in [3.05, 3.63) is 23.3 Å². The molecule has 5 N–H and O–H groups in total. The Labute approximate surface area is 164 Å². The van der Waals surface area contributed by atoms with Gasteiger partial charge in [0.2, 0.25) is 0 Å². The van der Waals surface area contributed by atoms with E-state index < -0.39 is 18.6 Å². The number of aliphatic carboxylic acids is 1. The van der Waals surface area contributed by atoms with Gasteiger partial charge in [-0.2, -0.15) is 0 Å². The Morgan fingerprint density at radius 1 is 1.18 bits per heavy atom. The van der Waals surface area contributed by atoms with Gasteiger partial charge in [-0.3, -0.25) is 9.59 Å². The number of nitrogens with one attached hydrogen (secondary N) is 1. The zero-order valence-corrected chi connectivity index (χ0v) is 16.4. The summed E-state index contributed by atoms with van der Waals surface area (Å²) in [4.78, 5) is 25.4. The molecule has 1 aromatic carbocycles. The zero-order valence-electron chi connectivity index (χ0n) is 16.4. The van der Waals surface area contributed by atoms with Crippen molar-refractivity contribution < 1.29 is 30.0 Å². The number of piperidine rings is 1. The Morgan fingerprint density at radius 2 is 1.82 bits per heavy atom. The molecule has 0 radical (unpaired) electrons. The average molecular weight is 394 g/mol. The molecule has 1 aliphatic heterocycles. The van der Waals surface area contributed by atoms with E-state index in [2.05, 4.69) is 5.32 Å². The van der Waals surface area contributed by atoms with E-state index in [1.54, 1.807) is 11.0 Å². The van der Waals surface area contributed by atoms with Crippen LogP contribution >= 0.6 is 0 Å². The van der Waals surface area contributed by atoms with Crippen LogP contribution in [-0.2, 0) is 4.79 Å². The molecule has 8 heteroatoms. The number of amides is 1. The summed E-state index contributed by atoms with van der Waals surface area (Å²) in [6.07, 6.45) is 2.36. The first-order valence-corrected chi connectivity index (χ1v) is 9.66.